The summed E-state index contributed by atoms with van der Waals surface area (Å²) >= 11 is 0. The van der Waals surface area contributed by atoms with E-state index >= 15 is 0 Å². The Morgan fingerprint density at radius 1 is 1.21 bits per heavy atom. The molecule has 0 amide bonds. The van der Waals surface area contributed by atoms with E-state index in [9.17, 15) is 10.1 Å². The first kappa shape index (κ1) is 18.3. The largest absolute Gasteiger partial charge is 0.468 e. The lowest BCUT2D eigenvalue weighted by Crippen LogP contribution is -2.48. The average molecular weight is 373 g/mol. The van der Waals surface area contributed by atoms with E-state index in [1.807, 2.05) is 30.3 Å². The number of aromatic nitrogens is 1. The maximum Gasteiger partial charge on any atom is 0.323 e. The quantitative estimate of drug-likeness (QED) is 0.683. The number of nitrogens with one attached hydrogen (secondary N) is 1. The summed E-state index contributed by atoms with van der Waals surface area (Å²) in [6.07, 6.45) is 1.69. The number of rotatable bonds is 5. The van der Waals surface area contributed by atoms with Crippen LogP contribution in [-0.2, 0) is 22.5 Å². The maximum atomic E-state index is 12.7. The zero-order valence-corrected chi connectivity index (χ0v) is 15.9. The number of methoxy groups -OCH3 is 1. The van der Waals surface area contributed by atoms with Crippen LogP contribution in [-0.4, -0.2) is 29.0 Å². The van der Waals surface area contributed by atoms with Crippen molar-refractivity contribution in [1.29, 1.82) is 5.26 Å². The van der Waals surface area contributed by atoms with Gasteiger partial charge in [0.05, 0.1) is 19.2 Å². The van der Waals surface area contributed by atoms with Gasteiger partial charge in [0, 0.05) is 36.0 Å². The van der Waals surface area contributed by atoms with E-state index in [0.29, 0.717) is 25.8 Å². The Morgan fingerprint density at radius 2 is 1.96 bits per heavy atom. The fourth-order valence-corrected chi connectivity index (χ4v) is 4.30. The fraction of sp³-hybridized carbons (Fsp3) is 0.304. The van der Waals surface area contributed by atoms with Gasteiger partial charge in [0.1, 0.15) is 6.04 Å². The van der Waals surface area contributed by atoms with E-state index in [1.54, 1.807) is 0 Å². The lowest BCUT2D eigenvalue weighted by molar-refractivity contribution is -0.149. The summed E-state index contributed by atoms with van der Waals surface area (Å²) in [7, 11) is 1.44. The van der Waals surface area contributed by atoms with Crippen molar-refractivity contribution < 1.29 is 9.53 Å². The van der Waals surface area contributed by atoms with Gasteiger partial charge in [-0.3, -0.25) is 9.69 Å². The van der Waals surface area contributed by atoms with Gasteiger partial charge in [0.2, 0.25) is 0 Å². The van der Waals surface area contributed by atoms with Crippen LogP contribution in [0.3, 0.4) is 0 Å². The molecule has 0 bridgehead atoms. The molecular formula is C23H23N3O2. The van der Waals surface area contributed by atoms with E-state index in [2.05, 4.69) is 40.2 Å². The highest BCUT2D eigenvalue weighted by molar-refractivity contribution is 5.87. The van der Waals surface area contributed by atoms with Crippen LogP contribution in [0.2, 0.25) is 0 Å². The summed E-state index contributed by atoms with van der Waals surface area (Å²) in [5.74, 6) is -0.228. The number of ether oxygens (including phenoxy) is 1. The highest BCUT2D eigenvalue weighted by Gasteiger charge is 2.40. The average Bonchev–Trinajstić information content (AvgIpc) is 3.11. The Kier molecular flexibility index (Phi) is 5.14. The SMILES string of the molecule is COC(=O)[C@@H]1Cc2c([nH]c3ccccc23)[C@@H](CCC#N)N1Cc1ccccc1. The molecule has 1 N–H and O–H groups in total. The summed E-state index contributed by atoms with van der Waals surface area (Å²) in [4.78, 5) is 18.5. The summed E-state index contributed by atoms with van der Waals surface area (Å²) in [6, 6.07) is 20.2. The summed E-state index contributed by atoms with van der Waals surface area (Å²) in [6.45, 7) is 0.630. The van der Waals surface area contributed by atoms with Crippen molar-refractivity contribution in [3.05, 3.63) is 71.4 Å². The standard InChI is InChI=1S/C23H23N3O2/c1-28-23(27)21-14-18-17-10-5-6-11-19(17)25-22(18)20(12-7-13-24)26(21)15-16-8-3-2-4-9-16/h2-6,8-11,20-21,25H,7,12,14-15H2,1H3/t20-,21+/m1/s1. The number of fused-ring (bicyclic) bond motifs is 3. The second-order valence-electron chi connectivity index (χ2n) is 7.18. The molecule has 28 heavy (non-hydrogen) atoms. The molecule has 0 spiro atoms. The number of nitrogens with zero attached hydrogens (tertiary/aromatic N) is 2. The number of hydrogen-bond acceptors (Lipinski definition) is 4. The van der Waals surface area contributed by atoms with Crippen LogP contribution in [0.5, 0.6) is 0 Å². The van der Waals surface area contributed by atoms with Crippen LogP contribution in [0.4, 0.5) is 0 Å². The molecule has 5 nitrogen and oxygen atoms in total. The van der Waals surface area contributed by atoms with Crippen molar-refractivity contribution in [2.45, 2.75) is 37.9 Å². The molecule has 1 aliphatic heterocycles. The van der Waals surface area contributed by atoms with Gasteiger partial charge >= 0.3 is 5.97 Å². The molecular weight excluding hydrogens is 350 g/mol. The van der Waals surface area contributed by atoms with Gasteiger partial charge in [-0.1, -0.05) is 48.5 Å². The molecule has 142 valence electrons. The lowest BCUT2D eigenvalue weighted by atomic mass is 9.89. The van der Waals surface area contributed by atoms with Crippen molar-refractivity contribution in [1.82, 2.24) is 9.88 Å². The van der Waals surface area contributed by atoms with Crippen LogP contribution < -0.4 is 0 Å². The van der Waals surface area contributed by atoms with Gasteiger partial charge in [0.25, 0.3) is 0 Å². The first-order valence-corrected chi connectivity index (χ1v) is 9.57. The van der Waals surface area contributed by atoms with Crippen LogP contribution in [0.15, 0.2) is 54.6 Å². The minimum atomic E-state index is -0.374. The molecule has 1 aliphatic rings. The molecule has 0 saturated carbocycles. The van der Waals surface area contributed by atoms with Gasteiger partial charge < -0.3 is 9.72 Å². The summed E-state index contributed by atoms with van der Waals surface area (Å²) in [5.41, 5.74) is 4.49. The molecule has 3 aromatic rings. The normalized spacial score (nSPS) is 19.1. The maximum absolute atomic E-state index is 12.7. The number of hydrogen-bond donors (Lipinski definition) is 1. The second-order valence-corrected chi connectivity index (χ2v) is 7.18. The van der Waals surface area contributed by atoms with Gasteiger partial charge in [-0.25, -0.2) is 0 Å². The monoisotopic (exact) mass is 373 g/mol. The molecule has 0 aliphatic carbocycles. The Hall–Kier alpha value is -3.10. The smallest absolute Gasteiger partial charge is 0.323 e. The lowest BCUT2D eigenvalue weighted by Gasteiger charge is -2.40. The predicted octanol–water partition coefficient (Wildman–Crippen LogP) is 4.11. The molecule has 0 saturated heterocycles. The third-order valence-electron chi connectivity index (χ3n) is 5.59. The molecule has 0 radical (unpaired) electrons. The Balaban J connectivity index is 1.82. The first-order valence-electron chi connectivity index (χ1n) is 9.57. The van der Waals surface area contributed by atoms with Gasteiger partial charge in [-0.15, -0.1) is 0 Å². The van der Waals surface area contributed by atoms with Crippen molar-refractivity contribution in [2.75, 3.05) is 7.11 Å². The number of para-hydroxylation sites is 1. The van der Waals surface area contributed by atoms with Crippen molar-refractivity contribution in [2.24, 2.45) is 0 Å². The van der Waals surface area contributed by atoms with Crippen molar-refractivity contribution in [3.8, 4) is 6.07 Å². The van der Waals surface area contributed by atoms with E-state index < -0.39 is 0 Å². The van der Waals surface area contributed by atoms with E-state index in [0.717, 1.165) is 22.2 Å². The third-order valence-corrected chi connectivity index (χ3v) is 5.59. The predicted molar refractivity (Wildman–Crippen MR) is 107 cm³/mol. The number of carbonyl (C=O) groups excluding carboxylic acids is 1. The van der Waals surface area contributed by atoms with Crippen LogP contribution in [0, 0.1) is 11.3 Å². The van der Waals surface area contributed by atoms with E-state index in [1.165, 1.54) is 12.7 Å². The Labute approximate surface area is 164 Å². The Morgan fingerprint density at radius 3 is 2.71 bits per heavy atom. The molecule has 2 aromatic carbocycles. The zero-order chi connectivity index (χ0) is 19.5. The van der Waals surface area contributed by atoms with Gasteiger partial charge in [-0.05, 0) is 23.6 Å². The van der Waals surface area contributed by atoms with Crippen LogP contribution in [0.25, 0.3) is 10.9 Å². The van der Waals surface area contributed by atoms with Crippen molar-refractivity contribution in [3.63, 3.8) is 0 Å². The molecule has 2 heterocycles. The van der Waals surface area contributed by atoms with Crippen LogP contribution in [0.1, 0.15) is 35.7 Å². The molecule has 4 rings (SSSR count). The number of carbonyl (C=O) groups is 1. The molecule has 0 unspecified atom stereocenters. The van der Waals surface area contributed by atoms with Crippen LogP contribution >= 0.6 is 0 Å². The number of aromatic amines is 1. The third kappa shape index (κ3) is 3.28. The highest BCUT2D eigenvalue weighted by Crippen LogP contribution is 2.40. The number of H-pyrrole nitrogens is 1. The minimum Gasteiger partial charge on any atom is -0.468 e. The summed E-state index contributed by atoms with van der Waals surface area (Å²) < 4.78 is 5.16. The van der Waals surface area contributed by atoms with Crippen molar-refractivity contribution >= 4 is 16.9 Å². The number of esters is 1. The highest BCUT2D eigenvalue weighted by atomic mass is 16.5. The Bertz CT molecular complexity index is 1020. The zero-order valence-electron chi connectivity index (χ0n) is 15.9. The number of nitriles is 1. The second kappa shape index (κ2) is 7.87. The molecule has 2 atom stereocenters. The fourth-order valence-electron chi connectivity index (χ4n) is 4.30. The molecule has 1 aromatic heterocycles. The minimum absolute atomic E-state index is 0.0416. The molecule has 5 heteroatoms. The topological polar surface area (TPSA) is 69.1 Å². The number of benzene rings is 2. The first-order chi connectivity index (χ1) is 13.7. The molecule has 0 fully saturated rings. The van der Waals surface area contributed by atoms with E-state index in [-0.39, 0.29) is 18.1 Å². The van der Waals surface area contributed by atoms with Gasteiger partial charge in [-0.2, -0.15) is 5.26 Å². The summed E-state index contributed by atoms with van der Waals surface area (Å²) in [5, 5.41) is 10.4. The van der Waals surface area contributed by atoms with Gasteiger partial charge in [0.15, 0.2) is 0 Å². The van der Waals surface area contributed by atoms with E-state index in [4.69, 9.17) is 4.74 Å².